The Kier molecular flexibility index (Phi) is 4.11. The number of nitrogens with one attached hydrogen (secondary N) is 1. The number of pyridine rings is 1. The van der Waals surface area contributed by atoms with Crippen LogP contribution >= 0.6 is 0 Å². The number of hydrogen-bond donors (Lipinski definition) is 1. The fourth-order valence-corrected chi connectivity index (χ4v) is 4.56. The average Bonchev–Trinajstić information content (AvgIpc) is 3.50. The van der Waals surface area contributed by atoms with Crippen molar-refractivity contribution >= 4 is 22.6 Å². The van der Waals surface area contributed by atoms with Gasteiger partial charge in [0.05, 0.1) is 41.1 Å². The molecule has 4 aromatic heterocycles. The minimum Gasteiger partial charge on any atom is -0.340 e. The number of amides is 1. The zero-order valence-electron chi connectivity index (χ0n) is 17.2. The third-order valence-corrected chi connectivity index (χ3v) is 6.35. The lowest BCUT2D eigenvalue weighted by molar-refractivity contribution is -0.134. The second-order valence-electron chi connectivity index (χ2n) is 8.50. The zero-order valence-corrected chi connectivity index (χ0v) is 17.2. The van der Waals surface area contributed by atoms with Crippen molar-refractivity contribution in [3.8, 4) is 17.5 Å². The van der Waals surface area contributed by atoms with Crippen LogP contribution in [0.5, 0.6) is 0 Å². The smallest absolute Gasteiger partial charge is 0.328 e. The SMILES string of the molecule is N#Cc1ccn2ncc(-c3ncc4[nH]c(=O)n(C5CCCN(C(=O)C6CC6)C5)c4n3)c2c1. The third-order valence-electron chi connectivity index (χ3n) is 6.35. The van der Waals surface area contributed by atoms with Gasteiger partial charge in [0.15, 0.2) is 11.5 Å². The maximum absolute atomic E-state index is 12.8. The Morgan fingerprint density at radius 1 is 1.25 bits per heavy atom. The van der Waals surface area contributed by atoms with E-state index in [0.717, 1.165) is 32.2 Å². The molecule has 2 aliphatic rings. The molecule has 1 atom stereocenters. The summed E-state index contributed by atoms with van der Waals surface area (Å²) in [6.45, 7) is 1.26. The molecule has 0 spiro atoms. The molecule has 1 aliphatic carbocycles. The molecule has 5 heterocycles. The quantitative estimate of drug-likeness (QED) is 0.531. The van der Waals surface area contributed by atoms with Crippen LogP contribution in [0.25, 0.3) is 28.1 Å². The second kappa shape index (κ2) is 7.02. The molecule has 1 N–H and O–H groups in total. The summed E-state index contributed by atoms with van der Waals surface area (Å²) >= 11 is 0. The van der Waals surface area contributed by atoms with Crippen LogP contribution in [0, 0.1) is 17.2 Å². The summed E-state index contributed by atoms with van der Waals surface area (Å²) in [5.41, 5.74) is 2.73. The van der Waals surface area contributed by atoms with Gasteiger partial charge >= 0.3 is 5.69 Å². The number of fused-ring (bicyclic) bond motifs is 2. The topological polar surface area (TPSA) is 125 Å². The minimum absolute atomic E-state index is 0.135. The Morgan fingerprint density at radius 3 is 2.94 bits per heavy atom. The normalized spacial score (nSPS) is 18.8. The first-order chi connectivity index (χ1) is 15.6. The maximum Gasteiger partial charge on any atom is 0.328 e. The van der Waals surface area contributed by atoms with Gasteiger partial charge in [-0.2, -0.15) is 10.4 Å². The van der Waals surface area contributed by atoms with E-state index in [1.54, 1.807) is 39.8 Å². The Balaban J connectivity index is 1.42. The lowest BCUT2D eigenvalue weighted by Crippen LogP contribution is -2.43. The van der Waals surface area contributed by atoms with Gasteiger partial charge < -0.3 is 9.88 Å². The molecule has 1 saturated heterocycles. The first kappa shape index (κ1) is 18.7. The summed E-state index contributed by atoms with van der Waals surface area (Å²) in [4.78, 5) is 39.3. The van der Waals surface area contributed by atoms with Crippen molar-refractivity contribution in [2.45, 2.75) is 31.7 Å². The number of nitrogens with zero attached hydrogens (tertiary/aromatic N) is 7. The molecular weight excluding hydrogens is 408 g/mol. The summed E-state index contributed by atoms with van der Waals surface area (Å²) < 4.78 is 3.33. The average molecular weight is 428 g/mol. The number of aromatic amines is 1. The monoisotopic (exact) mass is 428 g/mol. The van der Waals surface area contributed by atoms with E-state index in [4.69, 9.17) is 4.98 Å². The third kappa shape index (κ3) is 2.97. The Labute approximate surface area is 182 Å². The summed E-state index contributed by atoms with van der Waals surface area (Å²) in [6, 6.07) is 5.43. The van der Waals surface area contributed by atoms with Gasteiger partial charge in [-0.1, -0.05) is 0 Å². The van der Waals surface area contributed by atoms with Crippen LogP contribution < -0.4 is 5.69 Å². The second-order valence-corrected chi connectivity index (χ2v) is 8.50. The number of carbonyl (C=O) groups excluding carboxylic acids is 1. The van der Waals surface area contributed by atoms with Crippen molar-refractivity contribution in [2.24, 2.45) is 5.92 Å². The molecule has 2 fully saturated rings. The molecule has 1 amide bonds. The standard InChI is InChI=1S/C22H20N8O2/c23-9-13-5-7-29-18(8-13)16(10-25-29)19-24-11-17-20(27-19)30(22(32)26-17)15-2-1-6-28(12-15)21(31)14-3-4-14/h5,7-8,10-11,14-15H,1-4,6,12H2,(H,26,32). The van der Waals surface area contributed by atoms with E-state index >= 15 is 0 Å². The number of aromatic nitrogens is 6. The molecule has 4 aromatic rings. The van der Waals surface area contributed by atoms with Gasteiger partial charge in [0.2, 0.25) is 5.91 Å². The van der Waals surface area contributed by atoms with Crippen molar-refractivity contribution in [1.29, 1.82) is 5.26 Å². The Hall–Kier alpha value is -4.00. The predicted octanol–water partition coefficient (Wildman–Crippen LogP) is 1.88. The highest BCUT2D eigenvalue weighted by Crippen LogP contribution is 2.33. The minimum atomic E-state index is -0.246. The van der Waals surface area contributed by atoms with Gasteiger partial charge in [0, 0.05) is 25.2 Å². The van der Waals surface area contributed by atoms with Crippen LogP contribution in [0.2, 0.25) is 0 Å². The van der Waals surface area contributed by atoms with Crippen molar-refractivity contribution in [3.05, 3.63) is 46.8 Å². The Morgan fingerprint density at radius 2 is 2.12 bits per heavy atom. The van der Waals surface area contributed by atoms with Crippen molar-refractivity contribution < 1.29 is 4.79 Å². The number of hydrogen-bond acceptors (Lipinski definition) is 6. The first-order valence-corrected chi connectivity index (χ1v) is 10.8. The summed E-state index contributed by atoms with van der Waals surface area (Å²) in [5.74, 6) is 0.797. The van der Waals surface area contributed by atoms with Gasteiger partial charge in [-0.3, -0.25) is 9.36 Å². The number of likely N-dealkylation sites (tertiary alicyclic amines) is 1. The number of H-pyrrole nitrogens is 1. The molecule has 10 nitrogen and oxygen atoms in total. The molecule has 1 saturated carbocycles. The van der Waals surface area contributed by atoms with Gasteiger partial charge in [0.1, 0.15) is 5.52 Å². The van der Waals surface area contributed by atoms with Gasteiger partial charge in [-0.25, -0.2) is 19.3 Å². The highest BCUT2D eigenvalue weighted by molar-refractivity contribution is 5.81. The van der Waals surface area contributed by atoms with Gasteiger partial charge in [-0.15, -0.1) is 0 Å². The predicted molar refractivity (Wildman–Crippen MR) is 115 cm³/mol. The van der Waals surface area contributed by atoms with Crippen molar-refractivity contribution in [2.75, 3.05) is 13.1 Å². The molecule has 10 heteroatoms. The molecule has 32 heavy (non-hydrogen) atoms. The van der Waals surface area contributed by atoms with Crippen LogP contribution in [0.1, 0.15) is 37.3 Å². The largest absolute Gasteiger partial charge is 0.340 e. The van der Waals surface area contributed by atoms with Crippen LogP contribution in [0.15, 0.2) is 35.5 Å². The number of carbonyl (C=O) groups is 1. The zero-order chi connectivity index (χ0) is 21.8. The summed E-state index contributed by atoms with van der Waals surface area (Å²) in [7, 11) is 0. The van der Waals surface area contributed by atoms with Crippen LogP contribution in [0.4, 0.5) is 0 Å². The maximum atomic E-state index is 12.8. The van der Waals surface area contributed by atoms with E-state index < -0.39 is 0 Å². The Bertz CT molecular complexity index is 1470. The molecular formula is C22H20N8O2. The number of nitriles is 1. The van der Waals surface area contributed by atoms with Gasteiger partial charge in [0.25, 0.3) is 0 Å². The number of imidazole rings is 1. The van der Waals surface area contributed by atoms with Crippen LogP contribution in [-0.4, -0.2) is 53.0 Å². The van der Waals surface area contributed by atoms with Crippen LogP contribution in [-0.2, 0) is 4.79 Å². The summed E-state index contributed by atoms with van der Waals surface area (Å²) in [5, 5.41) is 13.6. The highest BCUT2D eigenvalue weighted by Gasteiger charge is 2.36. The molecule has 1 unspecified atom stereocenters. The molecule has 1 aliphatic heterocycles. The van der Waals surface area contributed by atoms with E-state index in [-0.39, 0.29) is 23.6 Å². The fourth-order valence-electron chi connectivity index (χ4n) is 4.56. The number of piperidine rings is 1. The van der Waals surface area contributed by atoms with Gasteiger partial charge in [-0.05, 0) is 37.8 Å². The van der Waals surface area contributed by atoms with E-state index in [9.17, 15) is 14.9 Å². The van der Waals surface area contributed by atoms with E-state index in [1.807, 2.05) is 4.90 Å². The lowest BCUT2D eigenvalue weighted by Gasteiger charge is -2.33. The molecule has 0 aromatic carbocycles. The molecule has 6 rings (SSSR count). The van der Waals surface area contributed by atoms with E-state index in [2.05, 4.69) is 21.1 Å². The number of rotatable bonds is 3. The molecule has 160 valence electrons. The van der Waals surface area contributed by atoms with Crippen molar-refractivity contribution in [3.63, 3.8) is 0 Å². The fraction of sp³-hybridized carbons (Fsp3) is 0.364. The summed E-state index contributed by atoms with van der Waals surface area (Å²) in [6.07, 6.45) is 8.57. The molecule has 0 radical (unpaired) electrons. The highest BCUT2D eigenvalue weighted by atomic mass is 16.2. The van der Waals surface area contributed by atoms with Crippen LogP contribution in [0.3, 0.4) is 0 Å². The molecule has 0 bridgehead atoms. The first-order valence-electron chi connectivity index (χ1n) is 10.8. The van der Waals surface area contributed by atoms with E-state index in [0.29, 0.717) is 40.2 Å². The van der Waals surface area contributed by atoms with E-state index in [1.165, 1.54) is 0 Å². The van der Waals surface area contributed by atoms with Crippen molar-refractivity contribution in [1.82, 2.24) is 34.0 Å². The lowest BCUT2D eigenvalue weighted by atomic mass is 10.0.